The van der Waals surface area contributed by atoms with Crippen LogP contribution in [-0.4, -0.2) is 54.5 Å². The van der Waals surface area contributed by atoms with Crippen molar-refractivity contribution in [2.45, 2.75) is 62.1 Å². The molecular weight excluding hydrogens is 756 g/mol. The van der Waals surface area contributed by atoms with Crippen LogP contribution in [-0.2, 0) is 20.7 Å². The van der Waals surface area contributed by atoms with Gasteiger partial charge in [-0.15, -0.1) is 11.8 Å². The first-order chi connectivity index (χ1) is 27.4. The van der Waals surface area contributed by atoms with Crippen LogP contribution < -0.4 is 26.4 Å². The zero-order valence-electron chi connectivity index (χ0n) is 32.4. The largest absolute Gasteiger partial charge is 0.492 e. The van der Waals surface area contributed by atoms with Gasteiger partial charge in [0.1, 0.15) is 17.4 Å². The van der Waals surface area contributed by atoms with Gasteiger partial charge < -0.3 is 31.2 Å². The third kappa shape index (κ3) is 10.6. The number of nitrogens with two attached hydrogens (primary N) is 1. The number of fused-ring (bicyclic) bond motifs is 1. The summed E-state index contributed by atoms with van der Waals surface area (Å²) in [5.41, 5.74) is 10.3. The number of carbonyl (C=O) groups excluding carboxylic acids is 3. The third-order valence-electron chi connectivity index (χ3n) is 9.69. The second-order valence-electron chi connectivity index (χ2n) is 15.0. The Labute approximate surface area is 344 Å². The minimum absolute atomic E-state index is 0.197. The molecule has 11 heteroatoms. The number of amides is 3. The summed E-state index contributed by atoms with van der Waals surface area (Å²) in [4.78, 5) is 39.5. The number of carbonyl (C=O) groups is 3. The monoisotopic (exact) mass is 804 g/mol. The maximum Gasteiger partial charge on any atom is 0.407 e. The fourth-order valence-corrected chi connectivity index (χ4v) is 8.72. The summed E-state index contributed by atoms with van der Waals surface area (Å²) in [6, 6.07) is 42.2. The summed E-state index contributed by atoms with van der Waals surface area (Å²) in [5.74, 6) is -0.160. The molecule has 5 aromatic carbocycles. The van der Waals surface area contributed by atoms with Gasteiger partial charge in [0.25, 0.3) is 5.91 Å². The lowest BCUT2D eigenvalue weighted by Crippen LogP contribution is -2.47. The van der Waals surface area contributed by atoms with E-state index in [1.165, 1.54) is 0 Å². The van der Waals surface area contributed by atoms with E-state index in [4.69, 9.17) is 26.8 Å². The van der Waals surface area contributed by atoms with Gasteiger partial charge in [0.2, 0.25) is 5.91 Å². The Morgan fingerprint density at radius 1 is 0.807 bits per heavy atom. The fraction of sp³-hybridized carbons (Fsp3) is 0.283. The van der Waals surface area contributed by atoms with Crippen molar-refractivity contribution in [2.24, 2.45) is 5.73 Å². The van der Waals surface area contributed by atoms with Gasteiger partial charge in [0.15, 0.2) is 0 Å². The summed E-state index contributed by atoms with van der Waals surface area (Å²) in [6.45, 7) is 6.28. The Balaban J connectivity index is 1.25. The molecule has 0 bridgehead atoms. The molecule has 0 saturated heterocycles. The summed E-state index contributed by atoms with van der Waals surface area (Å²) >= 11 is 7.79. The Kier molecular flexibility index (Phi) is 13.6. The van der Waals surface area contributed by atoms with Crippen LogP contribution in [0.2, 0.25) is 5.02 Å². The number of halogens is 1. The number of benzene rings is 5. The lowest BCUT2D eigenvalue weighted by Gasteiger charge is -2.37. The Hall–Kier alpha value is -5.29. The second-order valence-corrected chi connectivity index (χ2v) is 16.7. The molecule has 1 heterocycles. The SMILES string of the molecule is CC(C)(C)OC(=O)N[C@H](CNC1CCOc2c(C(=O)N[C@@H](Cc3ccc(Cl)cc3)C(N)=O)cccc21)CSC(c1ccccc1)(c1ccccc1)c1ccccc1. The van der Waals surface area contributed by atoms with Crippen LogP contribution in [0.15, 0.2) is 133 Å². The molecule has 0 fully saturated rings. The van der Waals surface area contributed by atoms with Crippen molar-refractivity contribution < 1.29 is 23.9 Å². The quantitative estimate of drug-likeness (QED) is 0.0785. The molecule has 0 spiro atoms. The molecule has 6 rings (SSSR count). The van der Waals surface area contributed by atoms with Gasteiger partial charge in [-0.05, 0) is 61.2 Å². The van der Waals surface area contributed by atoms with Gasteiger partial charge >= 0.3 is 6.09 Å². The first-order valence-corrected chi connectivity index (χ1v) is 20.4. The van der Waals surface area contributed by atoms with Crippen molar-refractivity contribution in [1.29, 1.82) is 0 Å². The van der Waals surface area contributed by atoms with Crippen molar-refractivity contribution in [3.63, 3.8) is 0 Å². The molecule has 9 nitrogen and oxygen atoms in total. The summed E-state index contributed by atoms with van der Waals surface area (Å²) in [6.07, 6.45) is 0.337. The Morgan fingerprint density at radius 3 is 1.93 bits per heavy atom. The highest BCUT2D eigenvalue weighted by Crippen LogP contribution is 2.48. The maximum absolute atomic E-state index is 13.7. The van der Waals surface area contributed by atoms with Crippen molar-refractivity contribution in [3.8, 4) is 5.75 Å². The molecule has 1 aliphatic rings. The minimum Gasteiger partial charge on any atom is -0.492 e. The van der Waals surface area contributed by atoms with E-state index in [9.17, 15) is 14.4 Å². The predicted octanol–water partition coefficient (Wildman–Crippen LogP) is 8.20. The molecule has 3 amide bonds. The Bertz CT molecular complexity index is 2020. The van der Waals surface area contributed by atoms with Crippen molar-refractivity contribution in [1.82, 2.24) is 16.0 Å². The molecule has 0 radical (unpaired) electrons. The van der Waals surface area contributed by atoms with Crippen molar-refractivity contribution in [2.75, 3.05) is 18.9 Å². The average molecular weight is 805 g/mol. The molecule has 0 aromatic heterocycles. The van der Waals surface area contributed by atoms with Crippen LogP contribution in [0.5, 0.6) is 5.75 Å². The number of ether oxygens (including phenoxy) is 2. The van der Waals surface area contributed by atoms with Gasteiger partial charge in [0, 0.05) is 41.8 Å². The lowest BCUT2D eigenvalue weighted by atomic mass is 9.84. The van der Waals surface area contributed by atoms with Crippen LogP contribution in [0, 0.1) is 0 Å². The maximum atomic E-state index is 13.7. The average Bonchev–Trinajstić information content (AvgIpc) is 3.20. The van der Waals surface area contributed by atoms with Crippen LogP contribution in [0.3, 0.4) is 0 Å². The van der Waals surface area contributed by atoms with Crippen molar-refractivity contribution in [3.05, 3.63) is 172 Å². The second kappa shape index (κ2) is 18.8. The molecule has 0 aliphatic carbocycles. The number of primary amides is 1. The zero-order chi connectivity index (χ0) is 40.4. The molecule has 57 heavy (non-hydrogen) atoms. The van der Waals surface area contributed by atoms with Gasteiger partial charge in [-0.2, -0.15) is 0 Å². The van der Waals surface area contributed by atoms with E-state index in [0.717, 1.165) is 27.8 Å². The topological polar surface area (TPSA) is 132 Å². The highest BCUT2D eigenvalue weighted by Gasteiger charge is 2.38. The van der Waals surface area contributed by atoms with E-state index in [1.807, 2.05) is 45.0 Å². The highest BCUT2D eigenvalue weighted by atomic mass is 35.5. The van der Waals surface area contributed by atoms with Gasteiger partial charge in [-0.3, -0.25) is 9.59 Å². The van der Waals surface area contributed by atoms with Gasteiger partial charge in [-0.25, -0.2) is 4.79 Å². The number of rotatable bonds is 15. The molecule has 5 N–H and O–H groups in total. The molecule has 296 valence electrons. The molecule has 5 aromatic rings. The van der Waals surface area contributed by atoms with Crippen LogP contribution in [0.4, 0.5) is 4.79 Å². The fourth-order valence-electron chi connectivity index (χ4n) is 7.04. The lowest BCUT2D eigenvalue weighted by molar-refractivity contribution is -0.119. The summed E-state index contributed by atoms with van der Waals surface area (Å²) in [7, 11) is 0. The first-order valence-electron chi connectivity index (χ1n) is 19.1. The normalized spacial score (nSPS) is 15.0. The highest BCUT2D eigenvalue weighted by molar-refractivity contribution is 8.00. The van der Waals surface area contributed by atoms with E-state index in [-0.39, 0.29) is 18.5 Å². The van der Waals surface area contributed by atoms with E-state index in [1.54, 1.807) is 48.2 Å². The van der Waals surface area contributed by atoms with Crippen LogP contribution in [0.25, 0.3) is 0 Å². The van der Waals surface area contributed by atoms with Crippen molar-refractivity contribution >= 4 is 41.3 Å². The molecular formula is C46H49ClN4O5S. The number of hydrogen-bond donors (Lipinski definition) is 4. The Morgan fingerprint density at radius 2 is 1.39 bits per heavy atom. The summed E-state index contributed by atoms with van der Waals surface area (Å²) in [5, 5.41) is 10.2. The van der Waals surface area contributed by atoms with E-state index < -0.39 is 34.3 Å². The number of para-hydroxylation sites is 1. The molecule has 1 aliphatic heterocycles. The molecule has 3 atom stereocenters. The van der Waals surface area contributed by atoms with E-state index in [2.05, 4.69) is 88.7 Å². The smallest absolute Gasteiger partial charge is 0.407 e. The predicted molar refractivity (Wildman–Crippen MR) is 228 cm³/mol. The van der Waals surface area contributed by atoms with E-state index >= 15 is 0 Å². The molecule has 1 unspecified atom stereocenters. The standard InChI is InChI=1S/C46H49ClN4O5S/c1-45(2,3)56-44(54)50-36(30-57-46(32-14-7-4-8-15-32,33-16-9-5-10-17-33)34-18-11-6-12-19-34)29-49-39-26-27-55-41-37(39)20-13-21-38(41)43(53)51-40(42(48)52)28-31-22-24-35(47)25-23-31/h4-25,36,39-40,49H,26-30H2,1-3H3,(H2,48,52)(H,50,54)(H,51,53)/t36-,39?,40+/m1/s1. The summed E-state index contributed by atoms with van der Waals surface area (Å²) < 4.78 is 11.3. The van der Waals surface area contributed by atoms with Crippen LogP contribution >= 0.6 is 23.4 Å². The zero-order valence-corrected chi connectivity index (χ0v) is 33.9. The van der Waals surface area contributed by atoms with Gasteiger partial charge in [0.05, 0.1) is 23.0 Å². The van der Waals surface area contributed by atoms with E-state index in [0.29, 0.717) is 41.7 Å². The molecule has 0 saturated carbocycles. The third-order valence-corrected chi connectivity index (χ3v) is 11.7. The number of nitrogens with one attached hydrogen (secondary N) is 3. The van der Waals surface area contributed by atoms with Crippen LogP contribution in [0.1, 0.15) is 71.4 Å². The number of alkyl carbamates (subject to hydrolysis) is 1. The first kappa shape index (κ1) is 41.3. The number of hydrogen-bond acceptors (Lipinski definition) is 7. The number of thioether (sulfide) groups is 1. The van der Waals surface area contributed by atoms with Gasteiger partial charge in [-0.1, -0.05) is 127 Å². The minimum atomic E-state index is -0.945.